The first-order valence-electron chi connectivity index (χ1n) is 5.26. The molecule has 1 aromatic rings. The SMILES string of the molecule is CCOC(=O)CNP(C)(=O)Oc1ccccc1. The molecule has 17 heavy (non-hydrogen) atoms. The van der Waals surface area contributed by atoms with Crippen LogP contribution < -0.4 is 9.61 Å². The molecule has 0 bridgehead atoms. The van der Waals surface area contributed by atoms with Crippen LogP contribution in [-0.4, -0.2) is 25.8 Å². The van der Waals surface area contributed by atoms with Crippen molar-refractivity contribution in [2.45, 2.75) is 6.92 Å². The largest absolute Gasteiger partial charge is 0.465 e. The average Bonchev–Trinajstić information content (AvgIpc) is 2.28. The van der Waals surface area contributed by atoms with E-state index in [-0.39, 0.29) is 6.54 Å². The molecule has 0 spiro atoms. The van der Waals surface area contributed by atoms with Gasteiger partial charge in [-0.1, -0.05) is 18.2 Å². The molecule has 6 heteroatoms. The predicted molar refractivity (Wildman–Crippen MR) is 65.2 cm³/mol. The molecule has 5 nitrogen and oxygen atoms in total. The second-order valence-corrected chi connectivity index (χ2v) is 5.58. The maximum Gasteiger partial charge on any atom is 0.320 e. The number of carbonyl (C=O) groups excluding carboxylic acids is 1. The van der Waals surface area contributed by atoms with Crippen LogP contribution >= 0.6 is 7.52 Å². The number of carbonyl (C=O) groups is 1. The fourth-order valence-electron chi connectivity index (χ4n) is 1.13. The maximum atomic E-state index is 12.0. The van der Waals surface area contributed by atoms with Gasteiger partial charge in [0.15, 0.2) is 0 Å². The van der Waals surface area contributed by atoms with Crippen molar-refractivity contribution in [2.75, 3.05) is 19.8 Å². The first kappa shape index (κ1) is 13.7. The lowest BCUT2D eigenvalue weighted by atomic mass is 10.3. The summed E-state index contributed by atoms with van der Waals surface area (Å²) in [5, 5.41) is 2.55. The van der Waals surface area contributed by atoms with E-state index in [1.54, 1.807) is 31.2 Å². The van der Waals surface area contributed by atoms with Crippen molar-refractivity contribution in [3.8, 4) is 5.75 Å². The molecule has 0 aliphatic rings. The van der Waals surface area contributed by atoms with Gasteiger partial charge in [0.25, 0.3) is 0 Å². The number of esters is 1. The van der Waals surface area contributed by atoms with Crippen LogP contribution in [0.4, 0.5) is 0 Å². The van der Waals surface area contributed by atoms with Crippen LogP contribution in [-0.2, 0) is 14.1 Å². The molecular weight excluding hydrogens is 241 g/mol. The van der Waals surface area contributed by atoms with Crippen molar-refractivity contribution in [1.29, 1.82) is 0 Å². The van der Waals surface area contributed by atoms with Gasteiger partial charge in [-0.25, -0.2) is 5.09 Å². The van der Waals surface area contributed by atoms with Gasteiger partial charge in [-0.2, -0.15) is 0 Å². The zero-order chi connectivity index (χ0) is 12.7. The molecule has 0 aliphatic carbocycles. The molecule has 1 aromatic carbocycles. The molecule has 0 fully saturated rings. The summed E-state index contributed by atoms with van der Waals surface area (Å²) < 4.78 is 21.9. The van der Waals surface area contributed by atoms with Crippen molar-refractivity contribution in [2.24, 2.45) is 0 Å². The van der Waals surface area contributed by atoms with Crippen LogP contribution in [0.1, 0.15) is 6.92 Å². The molecule has 0 aliphatic heterocycles. The smallest absolute Gasteiger partial charge is 0.320 e. The Morgan fingerprint density at radius 2 is 2.00 bits per heavy atom. The Morgan fingerprint density at radius 3 is 2.59 bits per heavy atom. The lowest BCUT2D eigenvalue weighted by Crippen LogP contribution is -2.23. The van der Waals surface area contributed by atoms with Crippen LogP contribution in [0.25, 0.3) is 0 Å². The van der Waals surface area contributed by atoms with E-state index >= 15 is 0 Å². The first-order chi connectivity index (χ1) is 8.03. The van der Waals surface area contributed by atoms with Crippen LogP contribution in [0.2, 0.25) is 0 Å². The molecule has 94 valence electrons. The summed E-state index contributed by atoms with van der Waals surface area (Å²) in [6.07, 6.45) is 0. The Labute approximate surface area is 101 Å². The Hall–Kier alpha value is -1.32. The highest BCUT2D eigenvalue weighted by Crippen LogP contribution is 2.38. The van der Waals surface area contributed by atoms with Crippen molar-refractivity contribution in [1.82, 2.24) is 5.09 Å². The highest BCUT2D eigenvalue weighted by Gasteiger charge is 2.18. The molecule has 1 rings (SSSR count). The van der Waals surface area contributed by atoms with Gasteiger partial charge in [-0.15, -0.1) is 0 Å². The van der Waals surface area contributed by atoms with E-state index in [2.05, 4.69) is 5.09 Å². The third kappa shape index (κ3) is 5.52. The van der Waals surface area contributed by atoms with Gasteiger partial charge in [-0.3, -0.25) is 9.36 Å². The molecule has 0 heterocycles. The molecule has 1 unspecified atom stereocenters. The van der Waals surface area contributed by atoms with Crippen molar-refractivity contribution < 1.29 is 18.6 Å². The summed E-state index contributed by atoms with van der Waals surface area (Å²) in [6.45, 7) is 3.30. The topological polar surface area (TPSA) is 64.6 Å². The van der Waals surface area contributed by atoms with Crippen LogP contribution in [0.3, 0.4) is 0 Å². The van der Waals surface area contributed by atoms with E-state index in [9.17, 15) is 9.36 Å². The second kappa shape index (κ2) is 6.42. The van der Waals surface area contributed by atoms with Crippen molar-refractivity contribution >= 4 is 13.5 Å². The van der Waals surface area contributed by atoms with Gasteiger partial charge in [0.2, 0.25) is 0 Å². The summed E-state index contributed by atoms with van der Waals surface area (Å²) >= 11 is 0. The molecule has 0 aromatic heterocycles. The highest BCUT2D eigenvalue weighted by molar-refractivity contribution is 7.56. The normalized spacial score (nSPS) is 13.8. The summed E-state index contributed by atoms with van der Waals surface area (Å²) in [7, 11) is -3.04. The minimum atomic E-state index is -3.04. The highest BCUT2D eigenvalue weighted by atomic mass is 31.2. The minimum Gasteiger partial charge on any atom is -0.465 e. The maximum absolute atomic E-state index is 12.0. The molecule has 0 amide bonds. The number of hydrogen-bond donors (Lipinski definition) is 1. The van der Waals surface area contributed by atoms with Crippen LogP contribution in [0.15, 0.2) is 30.3 Å². The van der Waals surface area contributed by atoms with Crippen LogP contribution in [0, 0.1) is 0 Å². The number of nitrogens with one attached hydrogen (secondary N) is 1. The van der Waals surface area contributed by atoms with E-state index in [1.807, 2.05) is 6.07 Å². The van der Waals surface area contributed by atoms with Gasteiger partial charge in [0.1, 0.15) is 12.3 Å². The summed E-state index contributed by atoms with van der Waals surface area (Å²) in [6, 6.07) is 8.78. The van der Waals surface area contributed by atoms with Gasteiger partial charge >= 0.3 is 13.5 Å². The second-order valence-electron chi connectivity index (χ2n) is 3.39. The van der Waals surface area contributed by atoms with Gasteiger partial charge < -0.3 is 9.26 Å². The van der Waals surface area contributed by atoms with Gasteiger partial charge in [0.05, 0.1) is 6.61 Å². The molecule has 1 atom stereocenters. The van der Waals surface area contributed by atoms with Gasteiger partial charge in [0, 0.05) is 6.66 Å². The van der Waals surface area contributed by atoms with Crippen molar-refractivity contribution in [3.63, 3.8) is 0 Å². The Kier molecular flexibility index (Phi) is 5.19. The minimum absolute atomic E-state index is 0.131. The lowest BCUT2D eigenvalue weighted by Gasteiger charge is -2.15. The van der Waals surface area contributed by atoms with E-state index < -0.39 is 13.5 Å². The zero-order valence-corrected chi connectivity index (χ0v) is 10.8. The standard InChI is InChI=1S/C11H16NO4P/c1-3-15-11(13)9-12-17(2,14)16-10-7-5-4-6-8-10/h4-8H,3,9H2,1-2H3,(H,12,14). The monoisotopic (exact) mass is 257 g/mol. The quantitative estimate of drug-likeness (QED) is 0.624. The van der Waals surface area contributed by atoms with Crippen molar-refractivity contribution in [3.05, 3.63) is 30.3 Å². The van der Waals surface area contributed by atoms with E-state index in [0.29, 0.717) is 12.4 Å². The molecule has 0 radical (unpaired) electrons. The Balaban J connectivity index is 2.46. The number of para-hydroxylation sites is 1. The Bertz CT molecular complexity index is 407. The summed E-state index contributed by atoms with van der Waals surface area (Å²) in [4.78, 5) is 11.1. The predicted octanol–water partition coefficient (Wildman–Crippen LogP) is 2.04. The fourth-order valence-corrected chi connectivity index (χ4v) is 2.14. The third-order valence-electron chi connectivity index (χ3n) is 1.84. The number of rotatable bonds is 6. The third-order valence-corrected chi connectivity index (χ3v) is 3.13. The number of ether oxygens (including phenoxy) is 1. The van der Waals surface area contributed by atoms with E-state index in [4.69, 9.17) is 9.26 Å². The number of benzene rings is 1. The Morgan fingerprint density at radius 1 is 1.35 bits per heavy atom. The number of hydrogen-bond acceptors (Lipinski definition) is 4. The fraction of sp³-hybridized carbons (Fsp3) is 0.364. The first-order valence-corrected chi connectivity index (χ1v) is 7.33. The molecule has 0 saturated heterocycles. The average molecular weight is 257 g/mol. The molecule has 1 N–H and O–H groups in total. The molecular formula is C11H16NO4P. The van der Waals surface area contributed by atoms with Crippen LogP contribution in [0.5, 0.6) is 5.75 Å². The summed E-state index contributed by atoms with van der Waals surface area (Å²) in [5.41, 5.74) is 0. The lowest BCUT2D eigenvalue weighted by molar-refractivity contribution is -0.141. The molecule has 0 saturated carbocycles. The summed E-state index contributed by atoms with van der Waals surface area (Å²) in [5.74, 6) is 0.0425. The van der Waals surface area contributed by atoms with Gasteiger partial charge in [-0.05, 0) is 19.1 Å². The van der Waals surface area contributed by atoms with E-state index in [1.165, 1.54) is 6.66 Å². The zero-order valence-electron chi connectivity index (χ0n) is 9.88. The van der Waals surface area contributed by atoms with E-state index in [0.717, 1.165) is 0 Å².